The highest BCUT2D eigenvalue weighted by molar-refractivity contribution is 4.82. The van der Waals surface area contributed by atoms with Crippen molar-refractivity contribution < 1.29 is 0 Å². The molecule has 0 amide bonds. The van der Waals surface area contributed by atoms with E-state index in [1.165, 1.54) is 32.1 Å². The van der Waals surface area contributed by atoms with Crippen LogP contribution >= 0.6 is 0 Å². The molecule has 1 saturated carbocycles. The third-order valence-electron chi connectivity index (χ3n) is 4.15. The van der Waals surface area contributed by atoms with E-state index in [9.17, 15) is 0 Å². The average molecular weight is 263 g/mol. The van der Waals surface area contributed by atoms with E-state index in [1.54, 1.807) is 0 Å². The Morgan fingerprint density at radius 2 is 2.16 bits per heavy atom. The maximum Gasteiger partial charge on any atom is 0.0946 e. The predicted molar refractivity (Wildman–Crippen MR) is 80.0 cm³/mol. The zero-order chi connectivity index (χ0) is 13.7. The zero-order valence-corrected chi connectivity index (χ0v) is 12.7. The Hall–Kier alpha value is -0.830. The molecule has 1 N–H and O–H groups in total. The quantitative estimate of drug-likeness (QED) is 0.851. The van der Waals surface area contributed by atoms with Gasteiger partial charge in [0.15, 0.2) is 0 Å². The Labute approximate surface area is 117 Å². The summed E-state index contributed by atoms with van der Waals surface area (Å²) in [4.78, 5) is 4.10. The molecule has 0 aliphatic heterocycles. The zero-order valence-electron chi connectivity index (χ0n) is 12.7. The summed E-state index contributed by atoms with van der Waals surface area (Å²) >= 11 is 0. The highest BCUT2D eigenvalue weighted by Gasteiger charge is 2.23. The molecule has 1 fully saturated rings. The Bertz CT molecular complexity index is 345. The lowest BCUT2D eigenvalue weighted by atomic mass is 9.81. The number of nitrogens with one attached hydrogen (secondary N) is 1. The first-order valence-electron chi connectivity index (χ1n) is 7.85. The van der Waals surface area contributed by atoms with Crippen LogP contribution in [-0.2, 0) is 6.54 Å². The van der Waals surface area contributed by atoms with Crippen LogP contribution in [0.15, 0.2) is 18.7 Å². The van der Waals surface area contributed by atoms with Crippen molar-refractivity contribution in [3.8, 4) is 0 Å². The summed E-state index contributed by atoms with van der Waals surface area (Å²) in [6.45, 7) is 7.99. The third kappa shape index (κ3) is 4.98. The molecule has 1 aliphatic rings. The molecule has 1 heterocycles. The number of imidazole rings is 1. The van der Waals surface area contributed by atoms with E-state index >= 15 is 0 Å². The lowest BCUT2D eigenvalue weighted by Gasteiger charge is -2.32. The van der Waals surface area contributed by atoms with Crippen molar-refractivity contribution in [2.24, 2.45) is 11.8 Å². The van der Waals surface area contributed by atoms with Crippen molar-refractivity contribution in [3.05, 3.63) is 18.7 Å². The van der Waals surface area contributed by atoms with Crippen LogP contribution in [0.25, 0.3) is 0 Å². The van der Waals surface area contributed by atoms with Gasteiger partial charge in [0, 0.05) is 31.0 Å². The van der Waals surface area contributed by atoms with E-state index in [-0.39, 0.29) is 0 Å². The minimum Gasteiger partial charge on any atom is -0.336 e. The predicted octanol–water partition coefficient (Wildman–Crippen LogP) is 3.47. The maximum absolute atomic E-state index is 4.10. The van der Waals surface area contributed by atoms with Crippen LogP contribution in [0.4, 0.5) is 0 Å². The van der Waals surface area contributed by atoms with Crippen molar-refractivity contribution in [2.75, 3.05) is 0 Å². The van der Waals surface area contributed by atoms with Gasteiger partial charge in [0.05, 0.1) is 6.33 Å². The highest BCUT2D eigenvalue weighted by atomic mass is 15.1. The molecule has 0 bridgehead atoms. The summed E-state index contributed by atoms with van der Waals surface area (Å²) in [5, 5.41) is 3.81. The topological polar surface area (TPSA) is 29.9 Å². The van der Waals surface area contributed by atoms with E-state index in [0.29, 0.717) is 6.04 Å². The number of hydrogen-bond acceptors (Lipinski definition) is 2. The fourth-order valence-electron chi connectivity index (χ4n) is 3.49. The minimum absolute atomic E-state index is 0.525. The molecule has 1 aliphatic carbocycles. The second-order valence-corrected chi connectivity index (χ2v) is 6.69. The van der Waals surface area contributed by atoms with Crippen LogP contribution in [0.5, 0.6) is 0 Å². The molecular weight excluding hydrogens is 234 g/mol. The van der Waals surface area contributed by atoms with Crippen molar-refractivity contribution in [2.45, 2.75) is 71.5 Å². The third-order valence-corrected chi connectivity index (χ3v) is 4.15. The Kier molecular flexibility index (Phi) is 5.44. The first kappa shape index (κ1) is 14.6. The standard InChI is InChI=1S/C16H29N3/c1-13(2)9-15-5-4-6-16(10-15)18-14(3)11-19-8-7-17-12-19/h7-8,12-16,18H,4-6,9-11H2,1-3H3. The smallest absolute Gasteiger partial charge is 0.0946 e. The summed E-state index contributed by atoms with van der Waals surface area (Å²) in [5.41, 5.74) is 0. The first-order valence-corrected chi connectivity index (χ1v) is 7.85. The molecule has 19 heavy (non-hydrogen) atoms. The largest absolute Gasteiger partial charge is 0.336 e. The summed E-state index contributed by atoms with van der Waals surface area (Å²) in [5.74, 6) is 1.78. The van der Waals surface area contributed by atoms with Crippen LogP contribution in [0.1, 0.15) is 52.9 Å². The lowest BCUT2D eigenvalue weighted by molar-refractivity contribution is 0.237. The van der Waals surface area contributed by atoms with Gasteiger partial charge >= 0.3 is 0 Å². The minimum atomic E-state index is 0.525. The molecule has 0 spiro atoms. The molecule has 3 unspecified atom stereocenters. The Balaban J connectivity index is 1.75. The Morgan fingerprint density at radius 3 is 2.84 bits per heavy atom. The van der Waals surface area contributed by atoms with Crippen molar-refractivity contribution in [3.63, 3.8) is 0 Å². The molecule has 3 nitrogen and oxygen atoms in total. The van der Waals surface area contributed by atoms with E-state index in [4.69, 9.17) is 0 Å². The van der Waals surface area contributed by atoms with Crippen LogP contribution in [-0.4, -0.2) is 21.6 Å². The van der Waals surface area contributed by atoms with Crippen molar-refractivity contribution in [1.29, 1.82) is 0 Å². The molecule has 0 saturated heterocycles. The van der Waals surface area contributed by atoms with Gasteiger partial charge in [-0.2, -0.15) is 0 Å². The molecule has 1 aromatic rings. The lowest BCUT2D eigenvalue weighted by Crippen LogP contribution is -2.41. The van der Waals surface area contributed by atoms with Gasteiger partial charge in [0.1, 0.15) is 0 Å². The van der Waals surface area contributed by atoms with E-state index in [0.717, 1.165) is 24.4 Å². The van der Waals surface area contributed by atoms with E-state index < -0.39 is 0 Å². The molecular formula is C16H29N3. The van der Waals surface area contributed by atoms with Crippen LogP contribution < -0.4 is 5.32 Å². The van der Waals surface area contributed by atoms with Gasteiger partial charge in [-0.3, -0.25) is 0 Å². The fraction of sp³-hybridized carbons (Fsp3) is 0.812. The molecule has 0 radical (unpaired) electrons. The first-order chi connectivity index (χ1) is 9.13. The van der Waals surface area contributed by atoms with Crippen LogP contribution in [0.2, 0.25) is 0 Å². The summed E-state index contributed by atoms with van der Waals surface area (Å²) < 4.78 is 2.16. The number of rotatable bonds is 6. The van der Waals surface area contributed by atoms with Gasteiger partial charge in [0.2, 0.25) is 0 Å². The summed E-state index contributed by atoms with van der Waals surface area (Å²) in [6, 6.07) is 1.24. The van der Waals surface area contributed by atoms with Gasteiger partial charge in [-0.25, -0.2) is 4.98 Å². The van der Waals surface area contributed by atoms with Crippen molar-refractivity contribution >= 4 is 0 Å². The second-order valence-electron chi connectivity index (χ2n) is 6.69. The van der Waals surface area contributed by atoms with E-state index in [2.05, 4.69) is 35.6 Å². The fourth-order valence-corrected chi connectivity index (χ4v) is 3.49. The van der Waals surface area contributed by atoms with Gasteiger partial charge in [-0.1, -0.05) is 26.7 Å². The monoisotopic (exact) mass is 263 g/mol. The van der Waals surface area contributed by atoms with Crippen molar-refractivity contribution in [1.82, 2.24) is 14.9 Å². The van der Waals surface area contributed by atoms with Crippen LogP contribution in [0, 0.1) is 11.8 Å². The number of hydrogen-bond donors (Lipinski definition) is 1. The SMILES string of the molecule is CC(C)CC1CCCC(NC(C)Cn2ccnc2)C1. The van der Waals surface area contributed by atoms with Gasteiger partial charge < -0.3 is 9.88 Å². The number of nitrogens with zero attached hydrogens (tertiary/aromatic N) is 2. The van der Waals surface area contributed by atoms with Gasteiger partial charge in [-0.05, 0) is 38.0 Å². The molecule has 3 atom stereocenters. The molecule has 3 heteroatoms. The normalized spacial score (nSPS) is 25.7. The highest BCUT2D eigenvalue weighted by Crippen LogP contribution is 2.29. The molecule has 0 aromatic carbocycles. The van der Waals surface area contributed by atoms with Gasteiger partial charge in [0.25, 0.3) is 0 Å². The summed E-state index contributed by atoms with van der Waals surface area (Å²) in [6.07, 6.45) is 12.7. The van der Waals surface area contributed by atoms with Gasteiger partial charge in [-0.15, -0.1) is 0 Å². The molecule has 2 rings (SSSR count). The Morgan fingerprint density at radius 1 is 1.32 bits per heavy atom. The van der Waals surface area contributed by atoms with E-state index in [1.807, 2.05) is 18.7 Å². The molecule has 108 valence electrons. The summed E-state index contributed by atoms with van der Waals surface area (Å²) in [7, 11) is 0. The maximum atomic E-state index is 4.10. The number of aromatic nitrogens is 2. The average Bonchev–Trinajstić information content (AvgIpc) is 2.81. The van der Waals surface area contributed by atoms with Crippen LogP contribution in [0.3, 0.4) is 0 Å². The second kappa shape index (κ2) is 7.09. The molecule has 1 aromatic heterocycles.